The second-order valence-electron chi connectivity index (χ2n) is 5.11. The molecule has 1 fully saturated rings. The van der Waals surface area contributed by atoms with Gasteiger partial charge in [0.15, 0.2) is 5.82 Å². The number of anilines is 2. The molecule has 2 aromatic heterocycles. The van der Waals surface area contributed by atoms with E-state index in [4.69, 9.17) is 11.5 Å². The molecule has 1 aliphatic rings. The lowest BCUT2D eigenvalue weighted by Crippen LogP contribution is -2.21. The molecule has 1 aliphatic carbocycles. The molecule has 3 rings (SSSR count). The summed E-state index contributed by atoms with van der Waals surface area (Å²) in [6.07, 6.45) is 7.37. The van der Waals surface area contributed by atoms with Gasteiger partial charge in [-0.2, -0.15) is 14.6 Å². The zero-order valence-corrected chi connectivity index (χ0v) is 11.4. The first kappa shape index (κ1) is 12.4. The minimum Gasteiger partial charge on any atom is -0.391 e. The Labute approximate surface area is 114 Å². The summed E-state index contributed by atoms with van der Waals surface area (Å²) in [5.41, 5.74) is 10.8. The molecular formula is C12H17N5OS. The Morgan fingerprint density at radius 3 is 2.74 bits per heavy atom. The van der Waals surface area contributed by atoms with Gasteiger partial charge in [0.25, 0.3) is 0 Å². The van der Waals surface area contributed by atoms with Crippen molar-refractivity contribution in [1.82, 2.24) is 14.6 Å². The Morgan fingerprint density at radius 2 is 2.00 bits per heavy atom. The van der Waals surface area contributed by atoms with Crippen molar-refractivity contribution in [3.05, 3.63) is 15.4 Å². The van der Waals surface area contributed by atoms with Crippen molar-refractivity contribution in [1.29, 1.82) is 0 Å². The van der Waals surface area contributed by atoms with Gasteiger partial charge in [0.2, 0.25) is 4.96 Å². The number of hydrogen-bond donors (Lipinski definition) is 2. The van der Waals surface area contributed by atoms with Crippen molar-refractivity contribution in [3.8, 4) is 0 Å². The van der Waals surface area contributed by atoms with Crippen LogP contribution in [0.3, 0.4) is 0 Å². The van der Waals surface area contributed by atoms with Gasteiger partial charge in [-0.15, -0.1) is 0 Å². The minimum atomic E-state index is -0.367. The summed E-state index contributed by atoms with van der Waals surface area (Å²) in [5, 5.41) is 5.28. The van der Waals surface area contributed by atoms with Crippen LogP contribution in [-0.2, 0) is 6.42 Å². The lowest BCUT2D eigenvalue weighted by atomic mass is 9.87. The summed E-state index contributed by atoms with van der Waals surface area (Å²) in [4.78, 5) is 16.6. The summed E-state index contributed by atoms with van der Waals surface area (Å²) in [5.74, 6) is 0.776. The topological polar surface area (TPSA) is 99.3 Å². The van der Waals surface area contributed by atoms with E-state index in [1.807, 2.05) is 0 Å². The van der Waals surface area contributed by atoms with E-state index < -0.39 is 0 Å². The molecule has 7 heteroatoms. The predicted octanol–water partition coefficient (Wildman–Crippen LogP) is 1.44. The fourth-order valence-electron chi connectivity index (χ4n) is 2.63. The summed E-state index contributed by atoms with van der Waals surface area (Å²) >= 11 is 1.43. The van der Waals surface area contributed by atoms with Crippen LogP contribution in [0.15, 0.2) is 4.79 Å². The van der Waals surface area contributed by atoms with Crippen molar-refractivity contribution in [2.45, 2.75) is 38.5 Å². The molecule has 0 saturated heterocycles. The van der Waals surface area contributed by atoms with E-state index in [9.17, 15) is 4.79 Å². The highest BCUT2D eigenvalue weighted by molar-refractivity contribution is 7.16. The molecule has 102 valence electrons. The molecular weight excluding hydrogens is 262 g/mol. The Hall–Kier alpha value is -1.63. The quantitative estimate of drug-likeness (QED) is 0.866. The molecule has 0 bridgehead atoms. The lowest BCUT2D eigenvalue weighted by molar-refractivity contribution is 0.355. The van der Waals surface area contributed by atoms with E-state index in [0.29, 0.717) is 10.9 Å². The van der Waals surface area contributed by atoms with Gasteiger partial charge >= 0.3 is 5.56 Å². The number of nitrogens with two attached hydrogens (primary N) is 2. The second-order valence-corrected chi connectivity index (χ2v) is 6.15. The van der Waals surface area contributed by atoms with Crippen LogP contribution in [0.2, 0.25) is 0 Å². The largest absolute Gasteiger partial charge is 0.391 e. The third-order valence-corrected chi connectivity index (χ3v) is 4.64. The molecule has 19 heavy (non-hydrogen) atoms. The van der Waals surface area contributed by atoms with Gasteiger partial charge in [-0.25, -0.2) is 0 Å². The Balaban J connectivity index is 1.93. The average Bonchev–Trinajstić information content (AvgIpc) is 2.80. The Morgan fingerprint density at radius 1 is 1.26 bits per heavy atom. The van der Waals surface area contributed by atoms with Gasteiger partial charge in [0.05, 0.1) is 0 Å². The van der Waals surface area contributed by atoms with Gasteiger partial charge in [-0.05, 0) is 5.92 Å². The first-order valence-corrected chi connectivity index (χ1v) is 7.40. The molecule has 4 N–H and O–H groups in total. The highest BCUT2D eigenvalue weighted by Crippen LogP contribution is 2.28. The molecule has 0 amide bonds. The highest BCUT2D eigenvalue weighted by atomic mass is 32.1. The van der Waals surface area contributed by atoms with E-state index in [0.717, 1.165) is 11.4 Å². The van der Waals surface area contributed by atoms with Crippen LogP contribution in [0.5, 0.6) is 0 Å². The molecule has 6 nitrogen and oxygen atoms in total. The van der Waals surface area contributed by atoms with Crippen LogP contribution < -0.4 is 17.0 Å². The number of nitrogens with zero attached hydrogens (tertiary/aromatic N) is 3. The van der Waals surface area contributed by atoms with Crippen LogP contribution >= 0.6 is 11.3 Å². The summed E-state index contributed by atoms with van der Waals surface area (Å²) in [7, 11) is 0. The van der Waals surface area contributed by atoms with E-state index in [-0.39, 0.29) is 17.1 Å². The smallest absolute Gasteiger partial charge is 0.300 e. The van der Waals surface area contributed by atoms with Crippen molar-refractivity contribution < 1.29 is 0 Å². The van der Waals surface area contributed by atoms with Gasteiger partial charge in [0.1, 0.15) is 10.7 Å². The molecule has 0 atom stereocenters. The first-order chi connectivity index (χ1) is 9.15. The second kappa shape index (κ2) is 4.80. The van der Waals surface area contributed by atoms with Crippen molar-refractivity contribution in [2.75, 3.05) is 11.5 Å². The summed E-state index contributed by atoms with van der Waals surface area (Å²) in [6.45, 7) is 0. The maximum atomic E-state index is 11.9. The normalized spacial score (nSPS) is 17.1. The van der Waals surface area contributed by atoms with E-state index >= 15 is 0 Å². The van der Waals surface area contributed by atoms with Crippen molar-refractivity contribution in [3.63, 3.8) is 0 Å². The van der Waals surface area contributed by atoms with Gasteiger partial charge in [-0.1, -0.05) is 43.4 Å². The third kappa shape index (κ3) is 2.30. The summed E-state index contributed by atoms with van der Waals surface area (Å²) < 4.78 is 1.27. The van der Waals surface area contributed by atoms with Crippen molar-refractivity contribution >= 4 is 27.8 Å². The number of hydrogen-bond acceptors (Lipinski definition) is 6. The minimum absolute atomic E-state index is 0.0213. The van der Waals surface area contributed by atoms with Crippen LogP contribution in [0.1, 0.15) is 37.1 Å². The molecule has 0 spiro atoms. The van der Waals surface area contributed by atoms with Crippen LogP contribution in [-0.4, -0.2) is 14.6 Å². The van der Waals surface area contributed by atoms with E-state index in [2.05, 4.69) is 10.1 Å². The average molecular weight is 279 g/mol. The van der Waals surface area contributed by atoms with Crippen LogP contribution in [0.25, 0.3) is 4.96 Å². The number of aromatic nitrogens is 3. The SMILES string of the molecule is Nc1nc2sc(CC3CCCCC3)nn2c(=O)c1N. The molecule has 2 heterocycles. The van der Waals surface area contributed by atoms with Crippen LogP contribution in [0, 0.1) is 5.92 Å². The summed E-state index contributed by atoms with van der Waals surface area (Å²) in [6, 6.07) is 0. The Bertz CT molecular complexity index is 656. The van der Waals surface area contributed by atoms with Crippen LogP contribution in [0.4, 0.5) is 11.5 Å². The van der Waals surface area contributed by atoms with E-state index in [1.165, 1.54) is 48.0 Å². The molecule has 1 saturated carbocycles. The zero-order chi connectivity index (χ0) is 13.4. The first-order valence-electron chi connectivity index (χ1n) is 6.59. The number of nitrogen functional groups attached to an aromatic ring is 2. The monoisotopic (exact) mass is 279 g/mol. The van der Waals surface area contributed by atoms with Crippen molar-refractivity contribution in [2.24, 2.45) is 5.92 Å². The predicted molar refractivity (Wildman–Crippen MR) is 76.2 cm³/mol. The molecule has 2 aromatic rings. The maximum Gasteiger partial charge on any atom is 0.300 e. The molecule has 0 aliphatic heterocycles. The van der Waals surface area contributed by atoms with E-state index in [1.54, 1.807) is 0 Å². The zero-order valence-electron chi connectivity index (χ0n) is 10.6. The van der Waals surface area contributed by atoms with Gasteiger partial charge in [0, 0.05) is 6.42 Å². The fourth-order valence-corrected chi connectivity index (χ4v) is 3.64. The maximum absolute atomic E-state index is 11.9. The van der Waals surface area contributed by atoms with Gasteiger partial charge in [-0.3, -0.25) is 4.79 Å². The standard InChI is InChI=1S/C12H17N5OS/c13-9-10(14)15-12-17(11(9)18)16-8(19-12)6-7-4-2-1-3-5-7/h7H,1-6,13-14H2. The molecule has 0 radical (unpaired) electrons. The third-order valence-electron chi connectivity index (χ3n) is 3.70. The number of rotatable bonds is 2. The number of fused-ring (bicyclic) bond motifs is 1. The molecule has 0 aromatic carbocycles. The lowest BCUT2D eigenvalue weighted by Gasteiger charge is -2.19. The highest BCUT2D eigenvalue weighted by Gasteiger charge is 2.18. The van der Waals surface area contributed by atoms with Gasteiger partial charge < -0.3 is 11.5 Å². The molecule has 0 unspecified atom stereocenters. The fraction of sp³-hybridized carbons (Fsp3) is 0.583. The Kier molecular flexibility index (Phi) is 3.14.